The van der Waals surface area contributed by atoms with Crippen LogP contribution in [0.4, 0.5) is 0 Å². The van der Waals surface area contributed by atoms with Crippen LogP contribution in [0.3, 0.4) is 0 Å². The van der Waals surface area contributed by atoms with Gasteiger partial charge in [0.1, 0.15) is 6.10 Å². The highest BCUT2D eigenvalue weighted by Crippen LogP contribution is 2.24. The van der Waals surface area contributed by atoms with Gasteiger partial charge in [-0.2, -0.15) is 0 Å². The second-order valence-electron chi connectivity index (χ2n) is 3.81. The minimum Gasteiger partial charge on any atom is -0.374 e. The highest BCUT2D eigenvalue weighted by molar-refractivity contribution is 6.60. The summed E-state index contributed by atoms with van der Waals surface area (Å²) in [7, 11) is -2.54. The van der Waals surface area contributed by atoms with Crippen LogP contribution in [-0.4, -0.2) is 47.6 Å². The predicted molar refractivity (Wildman–Crippen MR) is 65.7 cm³/mol. The van der Waals surface area contributed by atoms with E-state index in [4.69, 9.17) is 22.8 Å². The van der Waals surface area contributed by atoms with Crippen molar-refractivity contribution < 1.29 is 22.8 Å². The van der Waals surface area contributed by atoms with E-state index in [-0.39, 0.29) is 12.4 Å². The first-order valence-corrected chi connectivity index (χ1v) is 8.29. The second-order valence-corrected chi connectivity index (χ2v) is 6.54. The lowest BCUT2D eigenvalue weighted by Crippen LogP contribution is -2.46. The monoisotopic (exact) mass is 264 g/mol. The summed E-state index contributed by atoms with van der Waals surface area (Å²) < 4.78 is 27.9. The summed E-state index contributed by atoms with van der Waals surface area (Å²) in [6.45, 7) is 10.2. The summed E-state index contributed by atoms with van der Waals surface area (Å²) in [5.41, 5.74) is 0. The van der Waals surface area contributed by atoms with Crippen LogP contribution in [0.1, 0.15) is 27.7 Å². The van der Waals surface area contributed by atoms with Gasteiger partial charge in [0.25, 0.3) is 0 Å². The molecule has 1 heterocycles. The Hall–Kier alpha value is 0.0169. The molecule has 0 amide bonds. The average molecular weight is 264 g/mol. The topological polar surface area (TPSA) is 49.5 Å². The molecule has 0 saturated carbocycles. The molecule has 0 aromatic heterocycles. The fourth-order valence-electron chi connectivity index (χ4n) is 1.64. The summed E-state index contributed by atoms with van der Waals surface area (Å²) in [4.78, 5) is 0. The molecule has 1 aliphatic rings. The van der Waals surface area contributed by atoms with Crippen molar-refractivity contribution in [2.75, 3.05) is 26.4 Å². The molecule has 0 N–H and O–H groups in total. The molecule has 1 fully saturated rings. The Morgan fingerprint density at radius 2 is 1.47 bits per heavy atom. The van der Waals surface area contributed by atoms with Crippen LogP contribution < -0.4 is 0 Å². The first-order chi connectivity index (χ1) is 8.17. The van der Waals surface area contributed by atoms with Crippen LogP contribution >= 0.6 is 0 Å². The van der Waals surface area contributed by atoms with Crippen LogP contribution in [0.25, 0.3) is 0 Å². The average Bonchev–Trinajstić information content (AvgIpc) is 2.96. The highest BCUT2D eigenvalue weighted by Gasteiger charge is 2.42. The molecule has 0 radical (unpaired) electrons. The van der Waals surface area contributed by atoms with E-state index >= 15 is 0 Å². The normalized spacial score (nSPS) is 24.0. The van der Waals surface area contributed by atoms with Gasteiger partial charge in [-0.05, 0) is 27.7 Å². The molecule has 1 rings (SSSR count). The fourth-order valence-corrected chi connectivity index (χ4v) is 4.01. The van der Waals surface area contributed by atoms with Gasteiger partial charge in [0.15, 0.2) is 6.29 Å². The summed E-state index contributed by atoms with van der Waals surface area (Å²) in [6, 6.07) is 0.676. The zero-order valence-corrected chi connectivity index (χ0v) is 12.2. The van der Waals surface area contributed by atoms with Gasteiger partial charge in [0.05, 0.1) is 6.61 Å². The summed E-state index contributed by atoms with van der Waals surface area (Å²) in [5.74, 6) is 0. The third-order valence-corrected chi connectivity index (χ3v) is 5.44. The van der Waals surface area contributed by atoms with Gasteiger partial charge < -0.3 is 22.8 Å². The van der Waals surface area contributed by atoms with Crippen molar-refractivity contribution in [2.45, 2.75) is 46.1 Å². The molecule has 0 aromatic carbocycles. The maximum atomic E-state index is 5.71. The summed E-state index contributed by atoms with van der Waals surface area (Å²) in [6.07, 6.45) is 0.170. The van der Waals surface area contributed by atoms with Gasteiger partial charge in [-0.1, -0.05) is 0 Å². The van der Waals surface area contributed by atoms with Crippen LogP contribution in [-0.2, 0) is 22.8 Å². The Labute approximate surface area is 105 Å². The van der Waals surface area contributed by atoms with Gasteiger partial charge in [-0.25, -0.2) is 0 Å². The van der Waals surface area contributed by atoms with E-state index in [1.54, 1.807) is 0 Å². The molecule has 1 aliphatic heterocycles. The zero-order chi connectivity index (χ0) is 12.7. The SMILES string of the molecule is CCO[Si](CCOC1OC1C)(OCC)OCC. The lowest BCUT2D eigenvalue weighted by molar-refractivity contribution is 0.0330. The molecule has 0 aliphatic carbocycles. The van der Waals surface area contributed by atoms with Gasteiger partial charge in [0.2, 0.25) is 0 Å². The van der Waals surface area contributed by atoms with Crippen LogP contribution in [0.15, 0.2) is 0 Å². The molecule has 17 heavy (non-hydrogen) atoms. The van der Waals surface area contributed by atoms with Crippen molar-refractivity contribution >= 4 is 8.80 Å². The van der Waals surface area contributed by atoms with Gasteiger partial charge in [-0.3, -0.25) is 0 Å². The van der Waals surface area contributed by atoms with Crippen molar-refractivity contribution in [1.29, 1.82) is 0 Å². The molecule has 2 unspecified atom stereocenters. The lowest BCUT2D eigenvalue weighted by atomic mass is 10.5. The first-order valence-electron chi connectivity index (χ1n) is 6.36. The fraction of sp³-hybridized carbons (Fsp3) is 1.00. The third kappa shape index (κ3) is 5.03. The number of rotatable bonds is 10. The Morgan fingerprint density at radius 1 is 1.00 bits per heavy atom. The van der Waals surface area contributed by atoms with Crippen LogP contribution in [0.5, 0.6) is 0 Å². The second kappa shape index (κ2) is 7.45. The van der Waals surface area contributed by atoms with E-state index in [2.05, 4.69) is 0 Å². The van der Waals surface area contributed by atoms with E-state index in [0.29, 0.717) is 32.5 Å². The first kappa shape index (κ1) is 15.1. The van der Waals surface area contributed by atoms with Crippen molar-refractivity contribution in [3.8, 4) is 0 Å². The minimum atomic E-state index is -2.54. The number of hydrogen-bond acceptors (Lipinski definition) is 5. The van der Waals surface area contributed by atoms with Gasteiger partial charge in [-0.15, -0.1) is 0 Å². The minimum absolute atomic E-state index is 0.0495. The Balaban J connectivity index is 2.35. The quantitative estimate of drug-likeness (QED) is 0.445. The van der Waals surface area contributed by atoms with Crippen molar-refractivity contribution in [3.63, 3.8) is 0 Å². The van der Waals surface area contributed by atoms with Crippen molar-refractivity contribution in [3.05, 3.63) is 0 Å². The van der Waals surface area contributed by atoms with Crippen molar-refractivity contribution in [2.24, 2.45) is 0 Å². The Morgan fingerprint density at radius 3 is 1.82 bits per heavy atom. The largest absolute Gasteiger partial charge is 0.503 e. The molecule has 5 nitrogen and oxygen atoms in total. The number of epoxide rings is 1. The van der Waals surface area contributed by atoms with E-state index in [1.165, 1.54) is 0 Å². The molecule has 0 bridgehead atoms. The van der Waals surface area contributed by atoms with Crippen LogP contribution in [0.2, 0.25) is 6.04 Å². The molecular weight excluding hydrogens is 240 g/mol. The lowest BCUT2D eigenvalue weighted by Gasteiger charge is -2.28. The smallest absolute Gasteiger partial charge is 0.374 e. The molecule has 2 atom stereocenters. The Bertz CT molecular complexity index is 197. The zero-order valence-electron chi connectivity index (χ0n) is 11.2. The number of hydrogen-bond donors (Lipinski definition) is 0. The van der Waals surface area contributed by atoms with E-state index < -0.39 is 8.80 Å². The van der Waals surface area contributed by atoms with Crippen LogP contribution in [0, 0.1) is 0 Å². The molecule has 0 spiro atoms. The molecule has 102 valence electrons. The van der Waals surface area contributed by atoms with E-state index in [9.17, 15) is 0 Å². The standard InChI is InChI=1S/C11H24O5Si/c1-5-13-17(14-6-2,15-7-3)9-8-12-11-10(4)16-11/h10-11H,5-9H2,1-4H3. The maximum Gasteiger partial charge on any atom is 0.503 e. The van der Waals surface area contributed by atoms with E-state index in [1.807, 2.05) is 27.7 Å². The molecule has 1 saturated heterocycles. The molecule has 6 heteroatoms. The van der Waals surface area contributed by atoms with Crippen molar-refractivity contribution in [1.82, 2.24) is 0 Å². The summed E-state index contributed by atoms with van der Waals surface area (Å²) in [5, 5.41) is 0. The number of ether oxygens (including phenoxy) is 2. The van der Waals surface area contributed by atoms with Gasteiger partial charge >= 0.3 is 8.80 Å². The highest BCUT2D eigenvalue weighted by atomic mass is 28.4. The molecule has 0 aromatic rings. The molecular formula is C11H24O5Si. The summed E-state index contributed by atoms with van der Waals surface area (Å²) >= 11 is 0. The predicted octanol–water partition coefficient (Wildman–Crippen LogP) is 1.80. The third-order valence-electron chi connectivity index (χ3n) is 2.44. The van der Waals surface area contributed by atoms with E-state index in [0.717, 1.165) is 0 Å². The Kier molecular flexibility index (Phi) is 6.61. The maximum absolute atomic E-state index is 5.71. The van der Waals surface area contributed by atoms with Gasteiger partial charge in [0, 0.05) is 25.9 Å².